The number of carbonyl (C=O) groups excluding carboxylic acids is 1. The van der Waals surface area contributed by atoms with Crippen LogP contribution >= 0.6 is 0 Å². The average Bonchev–Trinajstić information content (AvgIpc) is 2.92. The number of benzene rings is 1. The lowest BCUT2D eigenvalue weighted by Crippen LogP contribution is -2.11. The van der Waals surface area contributed by atoms with Gasteiger partial charge in [-0.25, -0.2) is 0 Å². The second kappa shape index (κ2) is 7.44. The van der Waals surface area contributed by atoms with E-state index in [4.69, 9.17) is 14.0 Å². The highest BCUT2D eigenvalue weighted by atomic mass is 16.5. The van der Waals surface area contributed by atoms with Gasteiger partial charge < -0.3 is 19.3 Å². The van der Waals surface area contributed by atoms with E-state index in [1.807, 2.05) is 0 Å². The fourth-order valence-corrected chi connectivity index (χ4v) is 1.94. The van der Waals surface area contributed by atoms with Gasteiger partial charge in [0.05, 0.1) is 14.2 Å². The maximum atomic E-state index is 11.9. The van der Waals surface area contributed by atoms with Crippen molar-refractivity contribution in [3.63, 3.8) is 0 Å². The molecule has 0 aliphatic rings. The Hall–Kier alpha value is -2.57. The van der Waals surface area contributed by atoms with Gasteiger partial charge in [-0.1, -0.05) is 5.16 Å². The van der Waals surface area contributed by atoms with Crippen molar-refractivity contribution >= 4 is 11.6 Å². The molecule has 7 heteroatoms. The van der Waals surface area contributed by atoms with Gasteiger partial charge in [0.2, 0.25) is 11.8 Å². The number of carbonyl (C=O) groups is 1. The van der Waals surface area contributed by atoms with Gasteiger partial charge in [0.15, 0.2) is 5.82 Å². The molecule has 0 spiro atoms. The van der Waals surface area contributed by atoms with Crippen LogP contribution in [0, 0.1) is 6.92 Å². The molecular formula is C15H19N3O4. The van der Waals surface area contributed by atoms with Gasteiger partial charge in [0, 0.05) is 36.7 Å². The quantitative estimate of drug-likeness (QED) is 0.845. The molecule has 0 unspecified atom stereocenters. The number of methoxy groups -OCH3 is 2. The van der Waals surface area contributed by atoms with Crippen molar-refractivity contribution < 1.29 is 18.8 Å². The Morgan fingerprint density at radius 1 is 1.23 bits per heavy atom. The number of hydrogen-bond acceptors (Lipinski definition) is 6. The maximum Gasteiger partial charge on any atom is 0.226 e. The van der Waals surface area contributed by atoms with Crippen molar-refractivity contribution in [2.45, 2.75) is 26.2 Å². The molecule has 1 amide bonds. The van der Waals surface area contributed by atoms with Crippen molar-refractivity contribution in [2.24, 2.45) is 0 Å². The Labute approximate surface area is 128 Å². The SMILES string of the molecule is COc1cc(NC(=O)CCCc2nc(C)no2)cc(OC)c1. The Bertz CT molecular complexity index is 617. The van der Waals surface area contributed by atoms with Crippen LogP contribution in [0.5, 0.6) is 11.5 Å². The Balaban J connectivity index is 1.86. The summed E-state index contributed by atoms with van der Waals surface area (Å²) in [7, 11) is 3.12. The first kappa shape index (κ1) is 15.8. The van der Waals surface area contributed by atoms with Crippen LogP contribution in [0.25, 0.3) is 0 Å². The molecule has 1 aromatic heterocycles. The van der Waals surface area contributed by atoms with E-state index in [2.05, 4.69) is 15.5 Å². The number of rotatable bonds is 7. The zero-order valence-corrected chi connectivity index (χ0v) is 12.9. The number of hydrogen-bond donors (Lipinski definition) is 1. The summed E-state index contributed by atoms with van der Waals surface area (Å²) >= 11 is 0. The second-order valence-corrected chi connectivity index (χ2v) is 4.74. The molecule has 22 heavy (non-hydrogen) atoms. The molecular weight excluding hydrogens is 286 g/mol. The minimum Gasteiger partial charge on any atom is -0.497 e. The minimum atomic E-state index is -0.0912. The lowest BCUT2D eigenvalue weighted by atomic mass is 10.2. The Morgan fingerprint density at radius 3 is 2.45 bits per heavy atom. The van der Waals surface area contributed by atoms with E-state index in [-0.39, 0.29) is 5.91 Å². The van der Waals surface area contributed by atoms with Crippen LogP contribution < -0.4 is 14.8 Å². The molecule has 0 atom stereocenters. The molecule has 0 saturated heterocycles. The van der Waals surface area contributed by atoms with Gasteiger partial charge in [-0.15, -0.1) is 0 Å². The van der Waals surface area contributed by atoms with Gasteiger partial charge in [0.25, 0.3) is 0 Å². The Kier molecular flexibility index (Phi) is 5.35. The van der Waals surface area contributed by atoms with E-state index in [1.54, 1.807) is 39.3 Å². The normalized spacial score (nSPS) is 10.3. The fraction of sp³-hybridized carbons (Fsp3) is 0.400. The average molecular weight is 305 g/mol. The van der Waals surface area contributed by atoms with Crippen molar-refractivity contribution in [2.75, 3.05) is 19.5 Å². The van der Waals surface area contributed by atoms with Crippen LogP contribution in [0.15, 0.2) is 22.7 Å². The molecule has 7 nitrogen and oxygen atoms in total. The van der Waals surface area contributed by atoms with E-state index in [0.717, 1.165) is 0 Å². The third-order valence-corrected chi connectivity index (χ3v) is 3.00. The van der Waals surface area contributed by atoms with E-state index in [9.17, 15) is 4.79 Å². The number of aryl methyl sites for hydroxylation is 2. The van der Waals surface area contributed by atoms with Crippen LogP contribution in [0.4, 0.5) is 5.69 Å². The molecule has 0 fully saturated rings. The maximum absolute atomic E-state index is 11.9. The highest BCUT2D eigenvalue weighted by molar-refractivity contribution is 5.91. The van der Waals surface area contributed by atoms with Crippen LogP contribution in [-0.2, 0) is 11.2 Å². The first-order valence-electron chi connectivity index (χ1n) is 6.93. The van der Waals surface area contributed by atoms with E-state index >= 15 is 0 Å². The second-order valence-electron chi connectivity index (χ2n) is 4.74. The fourth-order valence-electron chi connectivity index (χ4n) is 1.94. The van der Waals surface area contributed by atoms with Crippen LogP contribution in [-0.4, -0.2) is 30.3 Å². The molecule has 0 saturated carbocycles. The topological polar surface area (TPSA) is 86.5 Å². The molecule has 1 aromatic carbocycles. The third kappa shape index (κ3) is 4.47. The molecule has 2 rings (SSSR count). The number of anilines is 1. The largest absolute Gasteiger partial charge is 0.497 e. The molecule has 0 aliphatic carbocycles. The first-order valence-corrected chi connectivity index (χ1v) is 6.93. The summed E-state index contributed by atoms with van der Waals surface area (Å²) < 4.78 is 15.3. The molecule has 0 aliphatic heterocycles. The predicted octanol–water partition coefficient (Wildman–Crippen LogP) is 2.36. The molecule has 118 valence electrons. The standard InChI is InChI=1S/C15H19N3O4/c1-10-16-15(22-18-10)6-4-5-14(19)17-11-7-12(20-2)9-13(8-11)21-3/h7-9H,4-6H2,1-3H3,(H,17,19). The summed E-state index contributed by atoms with van der Waals surface area (Å²) in [6, 6.07) is 5.22. The molecule has 1 heterocycles. The summed E-state index contributed by atoms with van der Waals surface area (Å²) in [5, 5.41) is 6.52. The van der Waals surface area contributed by atoms with Gasteiger partial charge in [-0.3, -0.25) is 4.79 Å². The predicted molar refractivity (Wildman–Crippen MR) is 80.1 cm³/mol. The smallest absolute Gasteiger partial charge is 0.226 e. The van der Waals surface area contributed by atoms with E-state index < -0.39 is 0 Å². The lowest BCUT2D eigenvalue weighted by Gasteiger charge is -2.09. The van der Waals surface area contributed by atoms with E-state index in [1.165, 1.54) is 0 Å². The number of nitrogens with zero attached hydrogens (tertiary/aromatic N) is 2. The highest BCUT2D eigenvalue weighted by Gasteiger charge is 2.08. The van der Waals surface area contributed by atoms with Gasteiger partial charge in [-0.2, -0.15) is 4.98 Å². The van der Waals surface area contributed by atoms with Crippen molar-refractivity contribution in [1.82, 2.24) is 10.1 Å². The summed E-state index contributed by atoms with van der Waals surface area (Å²) in [4.78, 5) is 16.0. The monoisotopic (exact) mass is 305 g/mol. The zero-order chi connectivity index (χ0) is 15.9. The Morgan fingerprint density at radius 2 is 1.91 bits per heavy atom. The lowest BCUT2D eigenvalue weighted by molar-refractivity contribution is -0.116. The van der Waals surface area contributed by atoms with Crippen LogP contribution in [0.3, 0.4) is 0 Å². The van der Waals surface area contributed by atoms with Gasteiger partial charge in [-0.05, 0) is 13.3 Å². The zero-order valence-electron chi connectivity index (χ0n) is 12.9. The first-order chi connectivity index (χ1) is 10.6. The summed E-state index contributed by atoms with van der Waals surface area (Å²) in [6.07, 6.45) is 1.57. The van der Waals surface area contributed by atoms with Crippen LogP contribution in [0.1, 0.15) is 24.6 Å². The van der Waals surface area contributed by atoms with Crippen molar-refractivity contribution in [1.29, 1.82) is 0 Å². The summed E-state index contributed by atoms with van der Waals surface area (Å²) in [5.74, 6) is 2.30. The number of amides is 1. The number of ether oxygens (including phenoxy) is 2. The molecule has 1 N–H and O–H groups in total. The summed E-state index contributed by atoms with van der Waals surface area (Å²) in [6.45, 7) is 1.76. The van der Waals surface area contributed by atoms with Gasteiger partial charge >= 0.3 is 0 Å². The van der Waals surface area contributed by atoms with Crippen molar-refractivity contribution in [3.05, 3.63) is 29.9 Å². The minimum absolute atomic E-state index is 0.0912. The molecule has 0 radical (unpaired) electrons. The molecule has 2 aromatic rings. The number of nitrogens with one attached hydrogen (secondary N) is 1. The third-order valence-electron chi connectivity index (χ3n) is 3.00. The molecule has 0 bridgehead atoms. The van der Waals surface area contributed by atoms with Gasteiger partial charge in [0.1, 0.15) is 11.5 Å². The highest BCUT2D eigenvalue weighted by Crippen LogP contribution is 2.25. The summed E-state index contributed by atoms with van der Waals surface area (Å²) in [5.41, 5.74) is 0.634. The van der Waals surface area contributed by atoms with Crippen molar-refractivity contribution in [3.8, 4) is 11.5 Å². The van der Waals surface area contributed by atoms with E-state index in [0.29, 0.717) is 48.2 Å². The van der Waals surface area contributed by atoms with Crippen LogP contribution in [0.2, 0.25) is 0 Å². The number of aromatic nitrogens is 2.